The quantitative estimate of drug-likeness (QED) is 0.465. The minimum atomic E-state index is -0.764. The highest BCUT2D eigenvalue weighted by atomic mass is 16.5. The van der Waals surface area contributed by atoms with E-state index in [-0.39, 0.29) is 17.9 Å². The normalized spacial score (nSPS) is 10.8. The minimum absolute atomic E-state index is 0.0501. The number of hydrogen-bond donors (Lipinski definition) is 3. The molecule has 0 bridgehead atoms. The Bertz CT molecular complexity index is 1150. The summed E-state index contributed by atoms with van der Waals surface area (Å²) < 4.78 is 5.18. The van der Waals surface area contributed by atoms with Gasteiger partial charge in [0.2, 0.25) is 5.95 Å². The van der Waals surface area contributed by atoms with Gasteiger partial charge in [-0.15, -0.1) is 0 Å². The molecule has 0 saturated carbocycles. The molecule has 2 aromatic carbocycles. The van der Waals surface area contributed by atoms with E-state index in [0.717, 1.165) is 11.1 Å². The molecular formula is C20H18N6O3. The van der Waals surface area contributed by atoms with Crippen LogP contribution in [-0.2, 0) is 6.54 Å². The summed E-state index contributed by atoms with van der Waals surface area (Å²) >= 11 is 0. The zero-order valence-corrected chi connectivity index (χ0v) is 15.5. The maximum atomic E-state index is 13.3. The Balaban J connectivity index is 1.76. The molecule has 0 atom stereocenters. The van der Waals surface area contributed by atoms with Crippen LogP contribution in [0, 0.1) is 0 Å². The molecule has 4 aromatic rings. The monoisotopic (exact) mass is 390 g/mol. The first-order valence-corrected chi connectivity index (χ1v) is 8.79. The first-order chi connectivity index (χ1) is 14.1. The molecule has 0 aliphatic rings. The summed E-state index contributed by atoms with van der Waals surface area (Å²) in [5.74, 6) is -0.223. The van der Waals surface area contributed by atoms with Crippen molar-refractivity contribution in [3.8, 4) is 5.75 Å². The second-order valence-corrected chi connectivity index (χ2v) is 6.31. The van der Waals surface area contributed by atoms with E-state index in [1.54, 1.807) is 19.2 Å². The molecule has 2 amide bonds. The predicted molar refractivity (Wildman–Crippen MR) is 107 cm³/mol. The Hall–Kier alpha value is -4.14. The van der Waals surface area contributed by atoms with Crippen LogP contribution in [0.15, 0.2) is 54.9 Å². The van der Waals surface area contributed by atoms with E-state index in [1.807, 2.05) is 36.4 Å². The molecule has 2 heterocycles. The van der Waals surface area contributed by atoms with Gasteiger partial charge in [0.1, 0.15) is 11.4 Å². The lowest BCUT2D eigenvalue weighted by molar-refractivity contribution is 0.0953. The second kappa shape index (κ2) is 7.47. The van der Waals surface area contributed by atoms with Crippen LogP contribution in [0.25, 0.3) is 11.0 Å². The average molecular weight is 390 g/mol. The molecule has 0 spiro atoms. The van der Waals surface area contributed by atoms with Gasteiger partial charge in [0.15, 0.2) is 5.69 Å². The molecule has 29 heavy (non-hydrogen) atoms. The number of anilines is 1. The third-order valence-electron chi connectivity index (χ3n) is 4.47. The Morgan fingerprint density at radius 3 is 2.59 bits per heavy atom. The number of benzene rings is 2. The van der Waals surface area contributed by atoms with Crippen LogP contribution in [0.4, 0.5) is 5.95 Å². The van der Waals surface area contributed by atoms with Gasteiger partial charge in [0.25, 0.3) is 11.8 Å². The van der Waals surface area contributed by atoms with Gasteiger partial charge >= 0.3 is 0 Å². The van der Waals surface area contributed by atoms with Gasteiger partial charge in [-0.1, -0.05) is 24.3 Å². The SMILES string of the molecule is COc1ccc(CN(C(=O)c2nc[nH]c2C(N)=O)c2nc3ccccc3[nH]2)cc1. The summed E-state index contributed by atoms with van der Waals surface area (Å²) in [6, 6.07) is 14.8. The van der Waals surface area contributed by atoms with Crippen molar-refractivity contribution < 1.29 is 14.3 Å². The van der Waals surface area contributed by atoms with Gasteiger partial charge in [-0.25, -0.2) is 9.97 Å². The van der Waals surface area contributed by atoms with Crippen LogP contribution in [0.1, 0.15) is 26.5 Å². The van der Waals surface area contributed by atoms with Gasteiger partial charge in [0.05, 0.1) is 31.0 Å². The number of aromatic nitrogens is 4. The molecule has 0 fully saturated rings. The fraction of sp³-hybridized carbons (Fsp3) is 0.100. The van der Waals surface area contributed by atoms with Crippen molar-refractivity contribution in [1.29, 1.82) is 0 Å². The number of nitrogens with two attached hydrogens (primary N) is 1. The number of fused-ring (bicyclic) bond motifs is 1. The molecule has 2 aromatic heterocycles. The first-order valence-electron chi connectivity index (χ1n) is 8.79. The zero-order valence-electron chi connectivity index (χ0n) is 15.5. The molecular weight excluding hydrogens is 372 g/mol. The third-order valence-corrected chi connectivity index (χ3v) is 4.47. The van der Waals surface area contributed by atoms with Crippen LogP contribution in [-0.4, -0.2) is 38.9 Å². The number of imidazole rings is 2. The summed E-state index contributed by atoms with van der Waals surface area (Å²) in [5.41, 5.74) is 7.59. The van der Waals surface area contributed by atoms with Crippen molar-refractivity contribution in [3.05, 3.63) is 71.8 Å². The molecule has 0 aliphatic carbocycles. The fourth-order valence-corrected chi connectivity index (χ4v) is 3.00. The van der Waals surface area contributed by atoms with E-state index in [1.165, 1.54) is 11.2 Å². The Labute approximate surface area is 165 Å². The Morgan fingerprint density at radius 1 is 1.14 bits per heavy atom. The number of ether oxygens (including phenoxy) is 1. The molecule has 4 rings (SSSR count). The van der Waals surface area contributed by atoms with Crippen molar-refractivity contribution in [1.82, 2.24) is 19.9 Å². The molecule has 9 heteroatoms. The topological polar surface area (TPSA) is 130 Å². The summed E-state index contributed by atoms with van der Waals surface area (Å²) in [4.78, 5) is 40.6. The number of nitrogens with one attached hydrogen (secondary N) is 2. The maximum Gasteiger partial charge on any atom is 0.281 e. The Morgan fingerprint density at radius 2 is 1.90 bits per heavy atom. The van der Waals surface area contributed by atoms with E-state index >= 15 is 0 Å². The van der Waals surface area contributed by atoms with Crippen molar-refractivity contribution >= 4 is 28.8 Å². The number of methoxy groups -OCH3 is 1. The molecule has 0 aliphatic heterocycles. The van der Waals surface area contributed by atoms with Crippen LogP contribution < -0.4 is 15.4 Å². The lowest BCUT2D eigenvalue weighted by Crippen LogP contribution is -2.33. The maximum absolute atomic E-state index is 13.3. The second-order valence-electron chi connectivity index (χ2n) is 6.31. The molecule has 9 nitrogen and oxygen atoms in total. The number of primary amides is 1. The van der Waals surface area contributed by atoms with Crippen LogP contribution in [0.5, 0.6) is 5.75 Å². The highest BCUT2D eigenvalue weighted by molar-refractivity contribution is 6.10. The van der Waals surface area contributed by atoms with Crippen molar-refractivity contribution in [2.75, 3.05) is 12.0 Å². The summed E-state index contributed by atoms with van der Waals surface area (Å²) in [7, 11) is 1.59. The van der Waals surface area contributed by atoms with Crippen LogP contribution in [0.3, 0.4) is 0 Å². The number of nitrogens with zero attached hydrogens (tertiary/aromatic N) is 3. The number of carbonyl (C=O) groups excluding carboxylic acids is 2. The number of para-hydroxylation sites is 2. The molecule has 0 saturated heterocycles. The number of H-pyrrole nitrogens is 2. The van der Waals surface area contributed by atoms with Crippen molar-refractivity contribution in [2.24, 2.45) is 5.73 Å². The van der Waals surface area contributed by atoms with Gasteiger partial charge in [0, 0.05) is 0 Å². The molecule has 146 valence electrons. The lowest BCUT2D eigenvalue weighted by Gasteiger charge is -2.19. The highest BCUT2D eigenvalue weighted by Gasteiger charge is 2.27. The Kier molecular flexibility index (Phi) is 4.70. The predicted octanol–water partition coefficient (Wildman–Crippen LogP) is 2.24. The number of carbonyl (C=O) groups is 2. The smallest absolute Gasteiger partial charge is 0.281 e. The van der Waals surface area contributed by atoms with Crippen molar-refractivity contribution in [2.45, 2.75) is 6.54 Å². The van der Waals surface area contributed by atoms with E-state index in [9.17, 15) is 9.59 Å². The number of aromatic amines is 2. The molecule has 4 N–H and O–H groups in total. The zero-order chi connectivity index (χ0) is 20.4. The number of rotatable bonds is 6. The van der Waals surface area contributed by atoms with E-state index < -0.39 is 11.8 Å². The largest absolute Gasteiger partial charge is 0.497 e. The van der Waals surface area contributed by atoms with Crippen LogP contribution in [0.2, 0.25) is 0 Å². The van der Waals surface area contributed by atoms with Gasteiger partial charge in [-0.2, -0.15) is 0 Å². The van der Waals surface area contributed by atoms with Crippen LogP contribution >= 0.6 is 0 Å². The standard InChI is InChI=1S/C20H18N6O3/c1-29-13-8-6-12(7-9-13)10-26(19(28)17-16(18(21)27)22-11-23-17)20-24-14-4-2-3-5-15(14)25-20/h2-9,11H,10H2,1H3,(H2,21,27)(H,22,23)(H,24,25). The lowest BCUT2D eigenvalue weighted by atomic mass is 10.2. The number of hydrogen-bond acceptors (Lipinski definition) is 5. The first kappa shape index (κ1) is 18.2. The summed E-state index contributed by atoms with van der Waals surface area (Å²) in [6.07, 6.45) is 1.26. The van der Waals surface area contributed by atoms with Crippen molar-refractivity contribution in [3.63, 3.8) is 0 Å². The summed E-state index contributed by atoms with van der Waals surface area (Å²) in [5, 5.41) is 0. The van der Waals surface area contributed by atoms with Gasteiger partial charge < -0.3 is 20.4 Å². The van der Waals surface area contributed by atoms with E-state index in [2.05, 4.69) is 19.9 Å². The highest BCUT2D eigenvalue weighted by Crippen LogP contribution is 2.22. The minimum Gasteiger partial charge on any atom is -0.497 e. The third kappa shape index (κ3) is 3.53. The molecule has 0 unspecified atom stereocenters. The molecule has 0 radical (unpaired) electrons. The average Bonchev–Trinajstić information content (AvgIpc) is 3.39. The van der Waals surface area contributed by atoms with E-state index in [4.69, 9.17) is 10.5 Å². The summed E-state index contributed by atoms with van der Waals surface area (Å²) in [6.45, 7) is 0.202. The fourth-order valence-electron chi connectivity index (χ4n) is 3.00. The van der Waals surface area contributed by atoms with E-state index in [0.29, 0.717) is 17.2 Å². The number of amides is 2. The van der Waals surface area contributed by atoms with Gasteiger partial charge in [-0.05, 0) is 29.8 Å². The van der Waals surface area contributed by atoms with Gasteiger partial charge in [-0.3, -0.25) is 14.5 Å².